The van der Waals surface area contributed by atoms with Gasteiger partial charge in [-0.25, -0.2) is 4.79 Å². The van der Waals surface area contributed by atoms with Crippen LogP contribution in [0.2, 0.25) is 5.02 Å². The summed E-state index contributed by atoms with van der Waals surface area (Å²) in [6.45, 7) is 2.00. The van der Waals surface area contributed by atoms with Crippen LogP contribution in [0.5, 0.6) is 5.75 Å². The predicted molar refractivity (Wildman–Crippen MR) is 74.1 cm³/mol. The summed E-state index contributed by atoms with van der Waals surface area (Å²) < 4.78 is 10.2. The molecule has 1 unspecified atom stereocenters. The number of halogens is 1. The van der Waals surface area contributed by atoms with E-state index in [0.717, 1.165) is 12.8 Å². The topological polar surface area (TPSA) is 78.7 Å². The standard InChI is InChI=1S/C13H16ClNO5/c1-3-4-5-12(13(16)19-2)20-9-6-7-11(15(17)18)10(14)8-9/h6-8,12H,3-5H2,1-2H3. The second-order valence-electron chi connectivity index (χ2n) is 4.14. The molecule has 0 aromatic heterocycles. The fraction of sp³-hybridized carbons (Fsp3) is 0.462. The quantitative estimate of drug-likeness (QED) is 0.438. The minimum atomic E-state index is -0.738. The van der Waals surface area contributed by atoms with E-state index in [9.17, 15) is 14.9 Å². The van der Waals surface area contributed by atoms with E-state index in [0.29, 0.717) is 12.2 Å². The smallest absolute Gasteiger partial charge is 0.347 e. The van der Waals surface area contributed by atoms with Gasteiger partial charge in [0.25, 0.3) is 5.69 Å². The van der Waals surface area contributed by atoms with Crippen molar-refractivity contribution in [3.05, 3.63) is 33.3 Å². The molecule has 0 saturated heterocycles. The Labute approximate surface area is 121 Å². The molecule has 110 valence electrons. The van der Waals surface area contributed by atoms with Crippen molar-refractivity contribution in [2.75, 3.05) is 7.11 Å². The summed E-state index contributed by atoms with van der Waals surface area (Å²) in [5.74, 6) is -0.181. The average molecular weight is 302 g/mol. The first-order valence-corrected chi connectivity index (χ1v) is 6.55. The van der Waals surface area contributed by atoms with E-state index in [2.05, 4.69) is 4.74 Å². The normalized spacial score (nSPS) is 11.8. The Morgan fingerprint density at radius 3 is 2.70 bits per heavy atom. The van der Waals surface area contributed by atoms with E-state index in [4.69, 9.17) is 16.3 Å². The number of rotatable bonds is 7. The summed E-state index contributed by atoms with van der Waals surface area (Å²) in [6, 6.07) is 3.97. The Hall–Kier alpha value is -1.82. The van der Waals surface area contributed by atoms with E-state index < -0.39 is 17.0 Å². The zero-order valence-corrected chi connectivity index (χ0v) is 12.1. The van der Waals surface area contributed by atoms with Gasteiger partial charge in [0.2, 0.25) is 0 Å². The molecule has 20 heavy (non-hydrogen) atoms. The molecule has 1 aromatic carbocycles. The lowest BCUT2D eigenvalue weighted by molar-refractivity contribution is -0.384. The van der Waals surface area contributed by atoms with Crippen LogP contribution in [-0.4, -0.2) is 24.1 Å². The molecule has 0 N–H and O–H groups in total. The molecule has 0 aliphatic rings. The zero-order chi connectivity index (χ0) is 15.1. The number of ether oxygens (including phenoxy) is 2. The van der Waals surface area contributed by atoms with Crippen molar-refractivity contribution in [3.8, 4) is 5.75 Å². The highest BCUT2D eigenvalue weighted by molar-refractivity contribution is 6.32. The largest absolute Gasteiger partial charge is 0.479 e. The number of nitro benzene ring substituents is 1. The summed E-state index contributed by atoms with van der Waals surface area (Å²) in [7, 11) is 1.29. The maximum atomic E-state index is 11.6. The van der Waals surface area contributed by atoms with Crippen LogP contribution in [0.15, 0.2) is 18.2 Å². The fourth-order valence-corrected chi connectivity index (χ4v) is 1.86. The molecule has 0 saturated carbocycles. The van der Waals surface area contributed by atoms with Gasteiger partial charge in [0.1, 0.15) is 10.8 Å². The molecular weight excluding hydrogens is 286 g/mol. The van der Waals surface area contributed by atoms with Crippen LogP contribution in [0.3, 0.4) is 0 Å². The number of carbonyl (C=O) groups excluding carboxylic acids is 1. The highest BCUT2D eigenvalue weighted by atomic mass is 35.5. The third-order valence-corrected chi connectivity index (χ3v) is 2.98. The molecule has 0 spiro atoms. The van der Waals surface area contributed by atoms with E-state index >= 15 is 0 Å². The van der Waals surface area contributed by atoms with Crippen molar-refractivity contribution in [1.82, 2.24) is 0 Å². The molecular formula is C13H16ClNO5. The first-order chi connectivity index (χ1) is 9.49. The number of unbranched alkanes of at least 4 members (excludes halogenated alkanes) is 1. The van der Waals surface area contributed by atoms with Crippen molar-refractivity contribution >= 4 is 23.3 Å². The molecule has 0 fully saturated rings. The first kappa shape index (κ1) is 16.2. The fourth-order valence-electron chi connectivity index (χ4n) is 1.62. The summed E-state index contributed by atoms with van der Waals surface area (Å²) in [6.07, 6.45) is 1.49. The van der Waals surface area contributed by atoms with Gasteiger partial charge in [-0.3, -0.25) is 10.1 Å². The summed E-state index contributed by atoms with van der Waals surface area (Å²) in [5.41, 5.74) is -0.206. The second-order valence-corrected chi connectivity index (χ2v) is 4.55. The number of hydrogen-bond donors (Lipinski definition) is 0. The Morgan fingerprint density at radius 2 is 2.20 bits per heavy atom. The number of benzene rings is 1. The van der Waals surface area contributed by atoms with E-state index in [1.807, 2.05) is 6.92 Å². The third-order valence-electron chi connectivity index (χ3n) is 2.68. The molecule has 0 radical (unpaired) electrons. The van der Waals surface area contributed by atoms with E-state index in [1.165, 1.54) is 25.3 Å². The minimum absolute atomic E-state index is 0.0355. The molecule has 0 heterocycles. The van der Waals surface area contributed by atoms with Crippen molar-refractivity contribution in [2.24, 2.45) is 0 Å². The van der Waals surface area contributed by atoms with Gasteiger partial charge < -0.3 is 9.47 Å². The van der Waals surface area contributed by atoms with Crippen LogP contribution in [0, 0.1) is 10.1 Å². The maximum absolute atomic E-state index is 11.6. The second kappa shape index (κ2) is 7.69. The van der Waals surface area contributed by atoms with Crippen LogP contribution in [0.1, 0.15) is 26.2 Å². The van der Waals surface area contributed by atoms with Gasteiger partial charge in [0.15, 0.2) is 6.10 Å². The molecule has 0 aliphatic heterocycles. The summed E-state index contributed by atoms with van der Waals surface area (Å²) in [5, 5.41) is 10.6. The van der Waals surface area contributed by atoms with Crippen LogP contribution in [0.4, 0.5) is 5.69 Å². The Morgan fingerprint density at radius 1 is 1.50 bits per heavy atom. The molecule has 0 bridgehead atoms. The maximum Gasteiger partial charge on any atom is 0.347 e. The number of nitro groups is 1. The number of hydrogen-bond acceptors (Lipinski definition) is 5. The molecule has 0 aliphatic carbocycles. The van der Waals surface area contributed by atoms with Crippen LogP contribution < -0.4 is 4.74 Å². The van der Waals surface area contributed by atoms with Crippen LogP contribution in [0.25, 0.3) is 0 Å². The molecule has 1 aromatic rings. The van der Waals surface area contributed by atoms with Crippen molar-refractivity contribution in [2.45, 2.75) is 32.3 Å². The summed E-state index contributed by atoms with van der Waals surface area (Å²) >= 11 is 5.79. The monoisotopic (exact) mass is 301 g/mol. The van der Waals surface area contributed by atoms with E-state index in [1.54, 1.807) is 0 Å². The number of esters is 1. The van der Waals surface area contributed by atoms with Crippen molar-refractivity contribution < 1.29 is 19.2 Å². The Bertz CT molecular complexity index is 492. The Balaban J connectivity index is 2.85. The first-order valence-electron chi connectivity index (χ1n) is 6.18. The lowest BCUT2D eigenvalue weighted by atomic mass is 10.1. The van der Waals surface area contributed by atoms with E-state index in [-0.39, 0.29) is 10.7 Å². The van der Waals surface area contributed by atoms with Crippen LogP contribution in [-0.2, 0) is 9.53 Å². The summed E-state index contributed by atoms with van der Waals surface area (Å²) in [4.78, 5) is 21.7. The number of nitrogens with zero attached hydrogens (tertiary/aromatic N) is 1. The van der Waals surface area contributed by atoms with Gasteiger partial charge in [-0.1, -0.05) is 24.9 Å². The third kappa shape index (κ3) is 4.38. The van der Waals surface area contributed by atoms with Gasteiger partial charge in [-0.05, 0) is 18.9 Å². The van der Waals surface area contributed by atoms with Gasteiger partial charge in [0.05, 0.1) is 12.0 Å². The molecule has 1 atom stereocenters. The molecule has 1 rings (SSSR count). The zero-order valence-electron chi connectivity index (χ0n) is 11.3. The van der Waals surface area contributed by atoms with Gasteiger partial charge in [-0.15, -0.1) is 0 Å². The highest BCUT2D eigenvalue weighted by Crippen LogP contribution is 2.29. The molecule has 6 nitrogen and oxygen atoms in total. The van der Waals surface area contributed by atoms with Gasteiger partial charge >= 0.3 is 5.97 Å². The minimum Gasteiger partial charge on any atom is -0.479 e. The number of carbonyl (C=O) groups is 1. The highest BCUT2D eigenvalue weighted by Gasteiger charge is 2.21. The van der Waals surface area contributed by atoms with Gasteiger partial charge in [-0.2, -0.15) is 0 Å². The molecule has 0 amide bonds. The SMILES string of the molecule is CCCCC(Oc1ccc([N+](=O)[O-])c(Cl)c1)C(=O)OC. The van der Waals surface area contributed by atoms with Crippen molar-refractivity contribution in [3.63, 3.8) is 0 Å². The lowest BCUT2D eigenvalue weighted by Crippen LogP contribution is -2.28. The lowest BCUT2D eigenvalue weighted by Gasteiger charge is -2.16. The average Bonchev–Trinajstić information content (AvgIpc) is 2.42. The number of methoxy groups -OCH3 is 1. The predicted octanol–water partition coefficient (Wildman–Crippen LogP) is 3.36. The van der Waals surface area contributed by atoms with Crippen molar-refractivity contribution in [1.29, 1.82) is 0 Å². The van der Waals surface area contributed by atoms with Crippen LogP contribution >= 0.6 is 11.6 Å². The Kier molecular flexibility index (Phi) is 6.24. The molecule has 7 heteroatoms. The van der Waals surface area contributed by atoms with Gasteiger partial charge in [0, 0.05) is 12.1 Å².